The highest BCUT2D eigenvalue weighted by Crippen LogP contribution is 2.45. The standard InChI is InChI=1S/C21H32N4O2.C9H10ClF/c1-7-17(16-8-9-16)18-15(3)22-13-23-19(18)24-10-11-25(14(2)12-24)20(26)27-21(4,5)6;1-2-3-7-4-5-8(10)9(11)6-7/h7,13-14,16H,8-12H2,1-6H3;4-6H,2-3H2,1H3/b17-7-;. The average Bonchev–Trinajstić information content (AvgIpc) is 3.68. The molecular weight excluding hydrogens is 503 g/mol. The molecule has 1 unspecified atom stereocenters. The minimum atomic E-state index is -0.476. The van der Waals surface area contributed by atoms with Crippen LogP contribution in [0.5, 0.6) is 0 Å². The van der Waals surface area contributed by atoms with E-state index in [9.17, 15) is 9.18 Å². The molecule has 1 amide bonds. The van der Waals surface area contributed by atoms with E-state index in [4.69, 9.17) is 16.3 Å². The lowest BCUT2D eigenvalue weighted by Gasteiger charge is -2.41. The molecule has 1 aliphatic carbocycles. The molecule has 1 aromatic heterocycles. The Morgan fingerprint density at radius 1 is 1.24 bits per heavy atom. The Balaban J connectivity index is 0.000000304. The zero-order valence-corrected chi connectivity index (χ0v) is 24.6. The molecule has 1 atom stereocenters. The molecule has 2 heterocycles. The second-order valence-corrected chi connectivity index (χ2v) is 11.6. The number of carbonyl (C=O) groups is 1. The molecule has 8 heteroatoms. The monoisotopic (exact) mass is 544 g/mol. The number of nitrogens with zero attached hydrogens (tertiary/aromatic N) is 4. The summed E-state index contributed by atoms with van der Waals surface area (Å²) < 4.78 is 18.3. The predicted molar refractivity (Wildman–Crippen MR) is 153 cm³/mol. The molecule has 2 fully saturated rings. The van der Waals surface area contributed by atoms with Gasteiger partial charge >= 0.3 is 6.09 Å². The van der Waals surface area contributed by atoms with Crippen molar-refractivity contribution in [2.24, 2.45) is 5.92 Å². The normalized spacial score (nSPS) is 18.1. The van der Waals surface area contributed by atoms with E-state index in [-0.39, 0.29) is 23.0 Å². The van der Waals surface area contributed by atoms with Crippen LogP contribution in [0.1, 0.15) is 77.6 Å². The van der Waals surface area contributed by atoms with Crippen molar-refractivity contribution in [3.05, 3.63) is 58.3 Å². The van der Waals surface area contributed by atoms with Crippen LogP contribution in [-0.4, -0.2) is 52.2 Å². The third kappa shape index (κ3) is 7.92. The molecule has 2 aromatic rings. The van der Waals surface area contributed by atoms with Gasteiger partial charge in [-0.1, -0.05) is 37.1 Å². The highest BCUT2D eigenvalue weighted by Gasteiger charge is 2.34. The SMILES string of the molecule is C/C=C(\c1c(C)ncnc1N1CCN(C(=O)OC(C)(C)C)C(C)C1)C1CC1.CCCc1ccc(Cl)c(F)c1. The minimum absolute atomic E-state index is 0.0618. The van der Waals surface area contributed by atoms with Crippen molar-refractivity contribution < 1.29 is 13.9 Å². The summed E-state index contributed by atoms with van der Waals surface area (Å²) in [5, 5.41) is 0.199. The van der Waals surface area contributed by atoms with Gasteiger partial charge in [0.15, 0.2) is 0 Å². The number of aromatic nitrogens is 2. The van der Waals surface area contributed by atoms with E-state index < -0.39 is 5.60 Å². The zero-order valence-electron chi connectivity index (χ0n) is 23.9. The van der Waals surface area contributed by atoms with E-state index in [1.54, 1.807) is 12.4 Å². The molecule has 6 nitrogen and oxygen atoms in total. The Morgan fingerprint density at radius 3 is 2.50 bits per heavy atom. The fourth-order valence-corrected chi connectivity index (χ4v) is 4.86. The Kier molecular flexibility index (Phi) is 10.2. The number of ether oxygens (including phenoxy) is 1. The third-order valence-electron chi connectivity index (χ3n) is 6.71. The number of anilines is 1. The Bertz CT molecular complexity index is 1140. The van der Waals surface area contributed by atoms with Crippen LogP contribution in [0.15, 0.2) is 30.6 Å². The maximum Gasteiger partial charge on any atom is 0.410 e. The number of aryl methyl sites for hydroxylation is 2. The molecule has 2 aliphatic rings. The highest BCUT2D eigenvalue weighted by atomic mass is 35.5. The first kappa shape index (κ1) is 29.9. The van der Waals surface area contributed by atoms with E-state index in [0.717, 1.165) is 43.0 Å². The van der Waals surface area contributed by atoms with Crippen molar-refractivity contribution in [2.75, 3.05) is 24.5 Å². The number of amides is 1. The summed E-state index contributed by atoms with van der Waals surface area (Å²) in [6.45, 7) is 16.1. The Hall–Kier alpha value is -2.67. The number of carbonyl (C=O) groups excluding carboxylic acids is 1. The van der Waals surface area contributed by atoms with Gasteiger partial charge in [-0.3, -0.25) is 0 Å². The lowest BCUT2D eigenvalue weighted by molar-refractivity contribution is 0.0158. The Labute approximate surface area is 232 Å². The molecular formula is C30H42ClFN4O2. The Morgan fingerprint density at radius 2 is 1.95 bits per heavy atom. The van der Waals surface area contributed by atoms with Gasteiger partial charge in [0.25, 0.3) is 0 Å². The molecule has 1 saturated heterocycles. The summed E-state index contributed by atoms with van der Waals surface area (Å²) in [7, 11) is 0. The van der Waals surface area contributed by atoms with Crippen LogP contribution in [0, 0.1) is 18.7 Å². The summed E-state index contributed by atoms with van der Waals surface area (Å²) in [6, 6.07) is 5.01. The van der Waals surface area contributed by atoms with Gasteiger partial charge in [0, 0.05) is 31.2 Å². The van der Waals surface area contributed by atoms with Crippen molar-refractivity contribution in [1.29, 1.82) is 0 Å². The van der Waals surface area contributed by atoms with Crippen LogP contribution >= 0.6 is 11.6 Å². The number of hydrogen-bond donors (Lipinski definition) is 0. The lowest BCUT2D eigenvalue weighted by Crippen LogP contribution is -2.55. The van der Waals surface area contributed by atoms with Gasteiger partial charge < -0.3 is 14.5 Å². The lowest BCUT2D eigenvalue weighted by atomic mass is 9.99. The summed E-state index contributed by atoms with van der Waals surface area (Å²) >= 11 is 5.51. The number of allylic oxidation sites excluding steroid dienone is 2. The van der Waals surface area contributed by atoms with Gasteiger partial charge in [0.2, 0.25) is 0 Å². The number of rotatable bonds is 5. The molecule has 0 bridgehead atoms. The highest BCUT2D eigenvalue weighted by molar-refractivity contribution is 6.30. The van der Waals surface area contributed by atoms with E-state index in [1.807, 2.05) is 31.7 Å². The van der Waals surface area contributed by atoms with Crippen molar-refractivity contribution in [3.8, 4) is 0 Å². The molecule has 1 saturated carbocycles. The summed E-state index contributed by atoms with van der Waals surface area (Å²) in [4.78, 5) is 25.7. The number of piperazine rings is 1. The molecule has 1 aliphatic heterocycles. The number of halogens is 2. The van der Waals surface area contributed by atoms with Crippen LogP contribution in [0.25, 0.3) is 5.57 Å². The van der Waals surface area contributed by atoms with Crippen molar-refractivity contribution in [3.63, 3.8) is 0 Å². The van der Waals surface area contributed by atoms with Crippen LogP contribution in [0.4, 0.5) is 15.0 Å². The molecule has 38 heavy (non-hydrogen) atoms. The van der Waals surface area contributed by atoms with Crippen molar-refractivity contribution >= 4 is 29.1 Å². The maximum atomic E-state index is 12.8. The molecule has 0 spiro atoms. The van der Waals surface area contributed by atoms with Crippen LogP contribution < -0.4 is 4.90 Å². The molecule has 1 aromatic carbocycles. The van der Waals surface area contributed by atoms with E-state index in [2.05, 4.69) is 48.6 Å². The van der Waals surface area contributed by atoms with Crippen LogP contribution in [0.3, 0.4) is 0 Å². The van der Waals surface area contributed by atoms with Crippen LogP contribution in [-0.2, 0) is 11.2 Å². The second-order valence-electron chi connectivity index (χ2n) is 11.1. The largest absolute Gasteiger partial charge is 0.444 e. The van der Waals surface area contributed by atoms with E-state index >= 15 is 0 Å². The second kappa shape index (κ2) is 12.9. The van der Waals surface area contributed by atoms with Crippen molar-refractivity contribution in [1.82, 2.24) is 14.9 Å². The molecule has 0 radical (unpaired) electrons. The quantitative estimate of drug-likeness (QED) is 0.390. The fraction of sp³-hybridized carbons (Fsp3) is 0.567. The minimum Gasteiger partial charge on any atom is -0.444 e. The van der Waals surface area contributed by atoms with Crippen molar-refractivity contribution in [2.45, 2.75) is 85.8 Å². The molecule has 0 N–H and O–H groups in total. The van der Waals surface area contributed by atoms with Gasteiger partial charge in [0.05, 0.1) is 10.7 Å². The first-order valence-corrected chi connectivity index (χ1v) is 14.0. The van der Waals surface area contributed by atoms with Gasteiger partial charge in [-0.2, -0.15) is 0 Å². The fourth-order valence-electron chi connectivity index (χ4n) is 4.74. The zero-order chi connectivity index (χ0) is 28.0. The number of benzene rings is 1. The first-order chi connectivity index (χ1) is 17.9. The summed E-state index contributed by atoms with van der Waals surface area (Å²) in [6.07, 6.45) is 8.06. The van der Waals surface area contributed by atoms with Gasteiger partial charge in [-0.15, -0.1) is 0 Å². The number of hydrogen-bond acceptors (Lipinski definition) is 5. The summed E-state index contributed by atoms with van der Waals surface area (Å²) in [5.74, 6) is 1.31. The third-order valence-corrected chi connectivity index (χ3v) is 7.02. The topological polar surface area (TPSA) is 58.6 Å². The maximum absolute atomic E-state index is 12.8. The van der Waals surface area contributed by atoms with E-state index in [0.29, 0.717) is 12.5 Å². The molecule has 4 rings (SSSR count). The van der Waals surface area contributed by atoms with Crippen LogP contribution in [0.2, 0.25) is 5.02 Å². The predicted octanol–water partition coefficient (Wildman–Crippen LogP) is 7.48. The summed E-state index contributed by atoms with van der Waals surface area (Å²) in [5.41, 5.74) is 4.11. The van der Waals surface area contributed by atoms with Gasteiger partial charge in [-0.25, -0.2) is 19.2 Å². The van der Waals surface area contributed by atoms with E-state index in [1.165, 1.54) is 30.0 Å². The average molecular weight is 545 g/mol. The first-order valence-electron chi connectivity index (χ1n) is 13.6. The smallest absolute Gasteiger partial charge is 0.410 e. The van der Waals surface area contributed by atoms with Gasteiger partial charge in [-0.05, 0) is 90.0 Å². The molecule has 208 valence electrons. The van der Waals surface area contributed by atoms with Gasteiger partial charge in [0.1, 0.15) is 23.6 Å².